The third-order valence-corrected chi connectivity index (χ3v) is 3.77. The molecule has 1 unspecified atom stereocenters. The number of benzene rings is 1. The average Bonchev–Trinajstić information content (AvgIpc) is 2.43. The zero-order valence-corrected chi connectivity index (χ0v) is 13.9. The minimum atomic E-state index is 0.194. The van der Waals surface area contributed by atoms with Crippen LogP contribution in [0.3, 0.4) is 0 Å². The van der Waals surface area contributed by atoms with E-state index in [1.807, 2.05) is 13.0 Å². The molecule has 0 fully saturated rings. The first-order valence-electron chi connectivity index (χ1n) is 7.43. The number of aryl methyl sites for hydroxylation is 1. The van der Waals surface area contributed by atoms with Crippen LogP contribution < -0.4 is 5.32 Å². The van der Waals surface area contributed by atoms with E-state index in [1.165, 1.54) is 11.1 Å². The number of hydrogen-bond donors (Lipinski definition) is 1. The lowest BCUT2D eigenvalue weighted by Gasteiger charge is -2.17. The van der Waals surface area contributed by atoms with E-state index in [1.54, 1.807) is 6.20 Å². The minimum absolute atomic E-state index is 0.194. The maximum Gasteiger partial charge on any atom is 0.152 e. The topological polar surface area (TPSA) is 24.9 Å². The molecule has 1 aromatic heterocycles. The van der Waals surface area contributed by atoms with Gasteiger partial charge in [0.2, 0.25) is 0 Å². The molecule has 0 amide bonds. The van der Waals surface area contributed by atoms with Crippen molar-refractivity contribution in [3.63, 3.8) is 0 Å². The van der Waals surface area contributed by atoms with E-state index in [0.29, 0.717) is 11.1 Å². The normalized spacial score (nSPS) is 12.5. The maximum absolute atomic E-state index is 6.14. The van der Waals surface area contributed by atoms with Gasteiger partial charge in [-0.05, 0) is 48.9 Å². The summed E-state index contributed by atoms with van der Waals surface area (Å²) in [5, 5.41) is 3.95. The van der Waals surface area contributed by atoms with Crippen LogP contribution in [-0.4, -0.2) is 4.98 Å². The molecule has 21 heavy (non-hydrogen) atoms. The SMILES string of the molecule is Cc1cnc(Cl)c(NC(C)c2ccc(CC(C)C)cc2)c1. The molecular formula is C18H23ClN2. The Morgan fingerprint density at radius 3 is 2.43 bits per heavy atom. The van der Waals surface area contributed by atoms with E-state index in [0.717, 1.165) is 17.7 Å². The van der Waals surface area contributed by atoms with E-state index in [-0.39, 0.29) is 6.04 Å². The zero-order valence-electron chi connectivity index (χ0n) is 13.2. The van der Waals surface area contributed by atoms with Crippen LogP contribution in [0.15, 0.2) is 36.5 Å². The molecule has 1 heterocycles. The number of rotatable bonds is 5. The number of hydrogen-bond acceptors (Lipinski definition) is 2. The van der Waals surface area contributed by atoms with Gasteiger partial charge in [-0.3, -0.25) is 0 Å². The first kappa shape index (κ1) is 15.8. The Balaban J connectivity index is 2.09. The fourth-order valence-corrected chi connectivity index (χ4v) is 2.54. The molecule has 0 aliphatic heterocycles. The van der Waals surface area contributed by atoms with E-state index < -0.39 is 0 Å². The van der Waals surface area contributed by atoms with E-state index in [9.17, 15) is 0 Å². The quantitative estimate of drug-likeness (QED) is 0.746. The molecule has 0 saturated carbocycles. The van der Waals surface area contributed by atoms with Crippen molar-refractivity contribution < 1.29 is 0 Å². The summed E-state index contributed by atoms with van der Waals surface area (Å²) >= 11 is 6.14. The molecule has 3 heteroatoms. The maximum atomic E-state index is 6.14. The van der Waals surface area contributed by atoms with Gasteiger partial charge in [-0.15, -0.1) is 0 Å². The molecule has 0 spiro atoms. The summed E-state index contributed by atoms with van der Waals surface area (Å²) in [6.45, 7) is 8.63. The second-order valence-corrected chi connectivity index (χ2v) is 6.41. The molecule has 0 bridgehead atoms. The van der Waals surface area contributed by atoms with Crippen molar-refractivity contribution in [2.75, 3.05) is 5.32 Å². The summed E-state index contributed by atoms with van der Waals surface area (Å²) in [4.78, 5) is 4.18. The van der Waals surface area contributed by atoms with Crippen molar-refractivity contribution in [3.8, 4) is 0 Å². The lowest BCUT2D eigenvalue weighted by molar-refractivity contribution is 0.647. The van der Waals surface area contributed by atoms with E-state index in [2.05, 4.69) is 55.3 Å². The van der Waals surface area contributed by atoms with Gasteiger partial charge >= 0.3 is 0 Å². The monoisotopic (exact) mass is 302 g/mol. The van der Waals surface area contributed by atoms with Gasteiger partial charge in [0.15, 0.2) is 5.15 Å². The number of aromatic nitrogens is 1. The van der Waals surface area contributed by atoms with Gasteiger partial charge in [-0.1, -0.05) is 49.7 Å². The number of pyridine rings is 1. The zero-order chi connectivity index (χ0) is 15.4. The van der Waals surface area contributed by atoms with Crippen LogP contribution in [0.5, 0.6) is 0 Å². The molecule has 2 aromatic rings. The molecule has 1 atom stereocenters. The lowest BCUT2D eigenvalue weighted by atomic mass is 10.00. The van der Waals surface area contributed by atoms with Crippen LogP contribution in [0.4, 0.5) is 5.69 Å². The van der Waals surface area contributed by atoms with Crippen LogP contribution >= 0.6 is 11.6 Å². The van der Waals surface area contributed by atoms with Gasteiger partial charge in [0.25, 0.3) is 0 Å². The average molecular weight is 303 g/mol. The Labute approximate surface area is 132 Å². The summed E-state index contributed by atoms with van der Waals surface area (Å²) in [7, 11) is 0. The standard InChI is InChI=1S/C18H23ClN2/c1-12(2)9-15-5-7-16(8-6-15)14(4)21-17-10-13(3)11-20-18(17)19/h5-8,10-12,14,21H,9H2,1-4H3. The van der Waals surface area contributed by atoms with Crippen LogP contribution in [0.1, 0.15) is 43.5 Å². The van der Waals surface area contributed by atoms with E-state index >= 15 is 0 Å². The lowest BCUT2D eigenvalue weighted by Crippen LogP contribution is -2.08. The second kappa shape index (κ2) is 6.95. The van der Waals surface area contributed by atoms with Crippen LogP contribution in [-0.2, 0) is 6.42 Å². The highest BCUT2D eigenvalue weighted by Gasteiger charge is 2.09. The van der Waals surface area contributed by atoms with Gasteiger partial charge in [0.1, 0.15) is 0 Å². The van der Waals surface area contributed by atoms with Crippen LogP contribution in [0.2, 0.25) is 5.15 Å². The Morgan fingerprint density at radius 2 is 1.81 bits per heavy atom. The highest BCUT2D eigenvalue weighted by molar-refractivity contribution is 6.31. The Bertz CT molecular complexity index is 591. The van der Waals surface area contributed by atoms with Gasteiger partial charge in [-0.25, -0.2) is 4.98 Å². The van der Waals surface area contributed by atoms with Crippen LogP contribution in [0, 0.1) is 12.8 Å². The third kappa shape index (κ3) is 4.47. The Morgan fingerprint density at radius 1 is 1.14 bits per heavy atom. The van der Waals surface area contributed by atoms with E-state index in [4.69, 9.17) is 11.6 Å². The largest absolute Gasteiger partial charge is 0.376 e. The van der Waals surface area contributed by atoms with Crippen molar-refractivity contribution in [3.05, 3.63) is 58.4 Å². The van der Waals surface area contributed by atoms with Crippen molar-refractivity contribution in [1.82, 2.24) is 4.98 Å². The first-order chi connectivity index (χ1) is 9.95. The molecule has 112 valence electrons. The van der Waals surface area contributed by atoms with Gasteiger partial charge in [0.05, 0.1) is 5.69 Å². The third-order valence-electron chi connectivity index (χ3n) is 3.47. The fourth-order valence-electron chi connectivity index (χ4n) is 2.38. The Hall–Kier alpha value is -1.54. The predicted molar refractivity (Wildman–Crippen MR) is 91.0 cm³/mol. The van der Waals surface area contributed by atoms with Gasteiger partial charge in [-0.2, -0.15) is 0 Å². The first-order valence-corrected chi connectivity index (χ1v) is 7.81. The summed E-state index contributed by atoms with van der Waals surface area (Å²) < 4.78 is 0. The summed E-state index contributed by atoms with van der Waals surface area (Å²) in [6.07, 6.45) is 2.90. The molecule has 0 aliphatic carbocycles. The van der Waals surface area contributed by atoms with Crippen molar-refractivity contribution in [1.29, 1.82) is 0 Å². The molecule has 0 radical (unpaired) electrons. The predicted octanol–water partition coefficient (Wildman–Crippen LogP) is 5.42. The highest BCUT2D eigenvalue weighted by Crippen LogP contribution is 2.25. The molecule has 2 nitrogen and oxygen atoms in total. The molecule has 0 saturated heterocycles. The van der Waals surface area contributed by atoms with Crippen LogP contribution in [0.25, 0.3) is 0 Å². The minimum Gasteiger partial charge on any atom is -0.376 e. The van der Waals surface area contributed by atoms with Gasteiger partial charge in [0, 0.05) is 12.2 Å². The molecule has 1 aromatic carbocycles. The molecule has 1 N–H and O–H groups in total. The number of anilines is 1. The van der Waals surface area contributed by atoms with Crippen molar-refractivity contribution >= 4 is 17.3 Å². The van der Waals surface area contributed by atoms with Gasteiger partial charge < -0.3 is 5.32 Å². The molecule has 2 rings (SSSR count). The summed E-state index contributed by atoms with van der Waals surface area (Å²) in [5.74, 6) is 0.684. The van der Waals surface area contributed by atoms with Crippen molar-refractivity contribution in [2.24, 2.45) is 5.92 Å². The number of nitrogens with zero attached hydrogens (tertiary/aromatic N) is 1. The fraction of sp³-hybridized carbons (Fsp3) is 0.389. The number of halogens is 1. The summed E-state index contributed by atoms with van der Waals surface area (Å²) in [6, 6.07) is 11.0. The molecule has 0 aliphatic rings. The number of nitrogens with one attached hydrogen (secondary N) is 1. The Kier molecular flexibility index (Phi) is 5.24. The highest BCUT2D eigenvalue weighted by atomic mass is 35.5. The smallest absolute Gasteiger partial charge is 0.152 e. The second-order valence-electron chi connectivity index (χ2n) is 6.06. The van der Waals surface area contributed by atoms with Crippen molar-refractivity contribution in [2.45, 2.75) is 40.2 Å². The summed E-state index contributed by atoms with van der Waals surface area (Å²) in [5.41, 5.74) is 4.62. The molecular weight excluding hydrogens is 280 g/mol.